The van der Waals surface area contributed by atoms with E-state index < -0.39 is 0 Å². The fourth-order valence-corrected chi connectivity index (χ4v) is 1.81. The number of nitrogens with zero attached hydrogens (tertiary/aromatic N) is 1. The van der Waals surface area contributed by atoms with Crippen molar-refractivity contribution in [3.8, 4) is 0 Å². The Bertz CT molecular complexity index is 354. The first kappa shape index (κ1) is 13.0. The number of amides is 1. The smallest absolute Gasteiger partial charge is 0.254 e. The molecule has 0 saturated heterocycles. The average molecular weight is 240 g/mol. The van der Waals surface area contributed by atoms with Gasteiger partial charge >= 0.3 is 0 Å². The van der Waals surface area contributed by atoms with Gasteiger partial charge < -0.3 is 10.4 Å². The van der Waals surface area contributed by atoms with Crippen molar-refractivity contribution >= 4 is 17.7 Å². The molecule has 5 heteroatoms. The lowest BCUT2D eigenvalue weighted by atomic mass is 10.2. The number of aliphatic hydroxyl groups excluding tert-OH is 1. The second-order valence-corrected chi connectivity index (χ2v) is 4.12. The zero-order chi connectivity index (χ0) is 12.0. The van der Waals surface area contributed by atoms with Crippen molar-refractivity contribution < 1.29 is 9.90 Å². The highest BCUT2D eigenvalue weighted by atomic mass is 32.2. The van der Waals surface area contributed by atoms with E-state index in [1.807, 2.05) is 13.2 Å². The van der Waals surface area contributed by atoms with Crippen LogP contribution in [-0.4, -0.2) is 34.9 Å². The third-order valence-corrected chi connectivity index (χ3v) is 2.97. The minimum atomic E-state index is -0.192. The number of hydrogen-bond donors (Lipinski definition) is 2. The molecule has 1 rings (SSSR count). The number of hydrogen-bond acceptors (Lipinski definition) is 4. The molecule has 0 fully saturated rings. The Morgan fingerprint density at radius 2 is 2.44 bits per heavy atom. The molecule has 0 aromatic carbocycles. The number of carbonyl (C=O) groups is 1. The molecule has 0 spiro atoms. The van der Waals surface area contributed by atoms with Crippen molar-refractivity contribution in [2.75, 3.05) is 12.9 Å². The molecule has 0 aliphatic carbocycles. The normalized spacial score (nSPS) is 12.2. The minimum Gasteiger partial charge on any atom is -0.394 e. The lowest BCUT2D eigenvalue weighted by Crippen LogP contribution is -2.37. The van der Waals surface area contributed by atoms with E-state index in [9.17, 15) is 4.79 Å². The molecule has 1 aromatic heterocycles. The molecule has 88 valence electrons. The molecule has 1 amide bonds. The van der Waals surface area contributed by atoms with Crippen molar-refractivity contribution in [3.63, 3.8) is 0 Å². The SMILES string of the molecule is CCC(CO)NC(=O)c1cccnc1SC. The molecular weight excluding hydrogens is 224 g/mol. The van der Waals surface area contributed by atoms with E-state index in [1.54, 1.807) is 18.3 Å². The Kier molecular flexibility index (Phi) is 5.28. The van der Waals surface area contributed by atoms with Gasteiger partial charge in [0.25, 0.3) is 5.91 Å². The van der Waals surface area contributed by atoms with Crippen LogP contribution in [0.5, 0.6) is 0 Å². The molecule has 1 aromatic rings. The number of aliphatic hydroxyl groups is 1. The third-order valence-electron chi connectivity index (χ3n) is 2.26. The van der Waals surface area contributed by atoms with Gasteiger partial charge in [0.2, 0.25) is 0 Å². The predicted octanol–water partition coefficient (Wildman–Crippen LogP) is 1.30. The number of thioether (sulfide) groups is 1. The summed E-state index contributed by atoms with van der Waals surface area (Å²) in [4.78, 5) is 16.0. The minimum absolute atomic E-state index is 0.0445. The molecule has 1 heterocycles. The van der Waals surface area contributed by atoms with Crippen LogP contribution in [0.25, 0.3) is 0 Å². The lowest BCUT2D eigenvalue weighted by molar-refractivity contribution is 0.0911. The topological polar surface area (TPSA) is 62.2 Å². The zero-order valence-corrected chi connectivity index (χ0v) is 10.3. The molecular formula is C11H16N2O2S. The molecule has 0 saturated carbocycles. The summed E-state index contributed by atoms with van der Waals surface area (Å²) in [7, 11) is 0. The van der Waals surface area contributed by atoms with E-state index in [1.165, 1.54) is 11.8 Å². The van der Waals surface area contributed by atoms with Crippen LogP contribution in [0, 0.1) is 0 Å². The predicted molar refractivity (Wildman–Crippen MR) is 64.6 cm³/mol. The summed E-state index contributed by atoms with van der Waals surface area (Å²) in [6.07, 6.45) is 4.24. The van der Waals surface area contributed by atoms with Crippen LogP contribution < -0.4 is 5.32 Å². The van der Waals surface area contributed by atoms with Crippen LogP contribution in [-0.2, 0) is 0 Å². The van der Waals surface area contributed by atoms with Crippen LogP contribution in [0.4, 0.5) is 0 Å². The van der Waals surface area contributed by atoms with E-state index in [0.29, 0.717) is 17.0 Å². The van der Waals surface area contributed by atoms with E-state index in [-0.39, 0.29) is 18.6 Å². The van der Waals surface area contributed by atoms with Gasteiger partial charge in [0, 0.05) is 6.20 Å². The summed E-state index contributed by atoms with van der Waals surface area (Å²) in [5.41, 5.74) is 0.557. The van der Waals surface area contributed by atoms with Gasteiger partial charge in [-0.3, -0.25) is 4.79 Å². The lowest BCUT2D eigenvalue weighted by Gasteiger charge is -2.14. The number of nitrogens with one attached hydrogen (secondary N) is 1. The maximum atomic E-state index is 11.9. The molecule has 0 aliphatic rings. The van der Waals surface area contributed by atoms with Gasteiger partial charge in [-0.1, -0.05) is 6.92 Å². The monoisotopic (exact) mass is 240 g/mol. The Labute approximate surface area is 99.5 Å². The van der Waals surface area contributed by atoms with Crippen LogP contribution in [0.1, 0.15) is 23.7 Å². The quantitative estimate of drug-likeness (QED) is 0.762. The average Bonchev–Trinajstić information content (AvgIpc) is 2.35. The van der Waals surface area contributed by atoms with E-state index in [0.717, 1.165) is 0 Å². The highest BCUT2D eigenvalue weighted by Crippen LogP contribution is 2.16. The molecule has 0 bridgehead atoms. The molecule has 2 N–H and O–H groups in total. The van der Waals surface area contributed by atoms with Crippen LogP contribution >= 0.6 is 11.8 Å². The van der Waals surface area contributed by atoms with Gasteiger partial charge in [0.1, 0.15) is 5.03 Å². The maximum Gasteiger partial charge on any atom is 0.254 e. The van der Waals surface area contributed by atoms with E-state index in [4.69, 9.17) is 5.11 Å². The van der Waals surface area contributed by atoms with Crippen molar-refractivity contribution in [3.05, 3.63) is 23.9 Å². The van der Waals surface area contributed by atoms with Crippen LogP contribution in [0.2, 0.25) is 0 Å². The maximum absolute atomic E-state index is 11.9. The Morgan fingerprint density at radius 1 is 1.69 bits per heavy atom. The zero-order valence-electron chi connectivity index (χ0n) is 9.43. The van der Waals surface area contributed by atoms with Crippen molar-refractivity contribution in [1.82, 2.24) is 10.3 Å². The largest absolute Gasteiger partial charge is 0.394 e. The first-order chi connectivity index (χ1) is 7.72. The van der Waals surface area contributed by atoms with Gasteiger partial charge in [-0.05, 0) is 24.8 Å². The second-order valence-electron chi connectivity index (χ2n) is 3.32. The number of aromatic nitrogens is 1. The summed E-state index contributed by atoms with van der Waals surface area (Å²) < 4.78 is 0. The summed E-state index contributed by atoms with van der Waals surface area (Å²) in [5, 5.41) is 12.5. The fraction of sp³-hybridized carbons (Fsp3) is 0.455. The molecule has 1 atom stereocenters. The number of carbonyl (C=O) groups excluding carboxylic acids is 1. The summed E-state index contributed by atoms with van der Waals surface area (Å²) >= 11 is 1.43. The van der Waals surface area contributed by atoms with Gasteiger partial charge in [-0.25, -0.2) is 4.98 Å². The highest BCUT2D eigenvalue weighted by molar-refractivity contribution is 7.98. The van der Waals surface area contributed by atoms with Gasteiger partial charge in [-0.2, -0.15) is 0 Å². The molecule has 0 aliphatic heterocycles. The van der Waals surface area contributed by atoms with Crippen molar-refractivity contribution in [1.29, 1.82) is 0 Å². The summed E-state index contributed by atoms with van der Waals surface area (Å²) in [6, 6.07) is 3.27. The van der Waals surface area contributed by atoms with Crippen LogP contribution in [0.3, 0.4) is 0 Å². The molecule has 4 nitrogen and oxygen atoms in total. The first-order valence-corrected chi connectivity index (χ1v) is 6.36. The molecule has 0 radical (unpaired) electrons. The van der Waals surface area contributed by atoms with Gasteiger partial charge in [-0.15, -0.1) is 11.8 Å². The molecule has 1 unspecified atom stereocenters. The second kappa shape index (κ2) is 6.50. The summed E-state index contributed by atoms with van der Waals surface area (Å²) in [6.45, 7) is 1.87. The highest BCUT2D eigenvalue weighted by Gasteiger charge is 2.14. The Morgan fingerprint density at radius 3 is 3.00 bits per heavy atom. The van der Waals surface area contributed by atoms with Crippen molar-refractivity contribution in [2.24, 2.45) is 0 Å². The van der Waals surface area contributed by atoms with Crippen LogP contribution in [0.15, 0.2) is 23.4 Å². The Hall–Kier alpha value is -1.07. The standard InChI is InChI=1S/C11H16N2O2S/c1-3-8(7-14)13-10(15)9-5-4-6-12-11(9)16-2/h4-6,8,14H,3,7H2,1-2H3,(H,13,15). The van der Waals surface area contributed by atoms with E-state index in [2.05, 4.69) is 10.3 Å². The fourth-order valence-electron chi connectivity index (χ4n) is 1.27. The van der Waals surface area contributed by atoms with Crippen molar-refractivity contribution in [2.45, 2.75) is 24.4 Å². The number of rotatable bonds is 5. The van der Waals surface area contributed by atoms with E-state index >= 15 is 0 Å². The third kappa shape index (κ3) is 3.21. The molecule has 16 heavy (non-hydrogen) atoms. The first-order valence-electron chi connectivity index (χ1n) is 5.13. The number of pyridine rings is 1. The van der Waals surface area contributed by atoms with Gasteiger partial charge in [0.05, 0.1) is 18.2 Å². The Balaban J connectivity index is 2.79. The van der Waals surface area contributed by atoms with Gasteiger partial charge in [0.15, 0.2) is 0 Å². The summed E-state index contributed by atoms with van der Waals surface area (Å²) in [5.74, 6) is -0.182.